The molecular weight excluding hydrogens is 421 g/mol. The number of hydrogen-bond acceptors (Lipinski definition) is 4. The van der Waals surface area contributed by atoms with Crippen LogP contribution >= 0.6 is 24.8 Å². The summed E-state index contributed by atoms with van der Waals surface area (Å²) in [5.74, 6) is 0.112. The van der Waals surface area contributed by atoms with E-state index >= 15 is 0 Å². The van der Waals surface area contributed by atoms with Crippen molar-refractivity contribution in [1.29, 1.82) is 0 Å². The fraction of sp³-hybridized carbons (Fsp3) is 0.435. The lowest BCUT2D eigenvalue weighted by Gasteiger charge is -2.51. The first-order valence-corrected chi connectivity index (χ1v) is 10.2. The molecule has 2 aromatic carbocycles. The quantitative estimate of drug-likeness (QED) is 0.749. The van der Waals surface area contributed by atoms with Crippen molar-refractivity contribution in [2.45, 2.75) is 31.0 Å². The van der Waals surface area contributed by atoms with Gasteiger partial charge >= 0.3 is 0 Å². The Labute approximate surface area is 191 Å². The maximum Gasteiger partial charge on any atom is 0.251 e. The van der Waals surface area contributed by atoms with Gasteiger partial charge < -0.3 is 15.3 Å². The van der Waals surface area contributed by atoms with Crippen molar-refractivity contribution in [1.82, 2.24) is 15.1 Å². The molecule has 0 aromatic heterocycles. The highest BCUT2D eigenvalue weighted by atomic mass is 35.5. The molecule has 2 aliphatic heterocycles. The zero-order valence-electron chi connectivity index (χ0n) is 17.2. The molecule has 0 radical (unpaired) electrons. The van der Waals surface area contributed by atoms with Crippen LogP contribution in [0.5, 0.6) is 0 Å². The Balaban J connectivity index is 0.00000160. The van der Waals surface area contributed by atoms with Gasteiger partial charge in [-0.15, -0.1) is 24.8 Å². The van der Waals surface area contributed by atoms with Gasteiger partial charge in [0.15, 0.2) is 0 Å². The lowest BCUT2D eigenvalue weighted by molar-refractivity contribution is -0.143. The number of benzene rings is 2. The van der Waals surface area contributed by atoms with E-state index in [2.05, 4.69) is 70.9 Å². The number of aliphatic hydroxyl groups is 1. The summed E-state index contributed by atoms with van der Waals surface area (Å²) in [6, 6.07) is 22.0. The summed E-state index contributed by atoms with van der Waals surface area (Å²) in [5.41, 5.74) is 2.65. The van der Waals surface area contributed by atoms with Gasteiger partial charge in [-0.25, -0.2) is 0 Å². The molecule has 2 aliphatic rings. The third-order valence-corrected chi connectivity index (χ3v) is 6.06. The molecule has 0 unspecified atom stereocenters. The van der Waals surface area contributed by atoms with E-state index in [0.717, 1.165) is 19.6 Å². The molecule has 5 nitrogen and oxygen atoms in total. The number of fused-ring (bicyclic) bond motifs is 1. The Morgan fingerprint density at radius 3 is 2.07 bits per heavy atom. The molecule has 0 bridgehead atoms. The Hall–Kier alpha value is -1.63. The summed E-state index contributed by atoms with van der Waals surface area (Å²) < 4.78 is 0. The van der Waals surface area contributed by atoms with Gasteiger partial charge in [-0.05, 0) is 18.1 Å². The molecule has 4 rings (SSSR count). The minimum absolute atomic E-state index is 0. The Morgan fingerprint density at radius 2 is 1.53 bits per heavy atom. The van der Waals surface area contributed by atoms with Gasteiger partial charge in [0.05, 0.1) is 0 Å². The van der Waals surface area contributed by atoms with Crippen LogP contribution in [-0.2, 0) is 4.79 Å². The van der Waals surface area contributed by atoms with Crippen molar-refractivity contribution in [3.05, 3.63) is 71.8 Å². The molecule has 30 heavy (non-hydrogen) atoms. The number of amides is 1. The van der Waals surface area contributed by atoms with Crippen LogP contribution in [-0.4, -0.2) is 71.7 Å². The molecule has 2 heterocycles. The lowest BCUT2D eigenvalue weighted by Crippen LogP contribution is -2.67. The van der Waals surface area contributed by atoms with Crippen molar-refractivity contribution >= 4 is 30.7 Å². The molecule has 0 saturated carbocycles. The van der Waals surface area contributed by atoms with Crippen LogP contribution in [0.1, 0.15) is 24.0 Å². The molecule has 7 heteroatoms. The van der Waals surface area contributed by atoms with Gasteiger partial charge in [0, 0.05) is 50.7 Å². The van der Waals surface area contributed by atoms with Crippen LogP contribution < -0.4 is 5.32 Å². The molecule has 164 valence electrons. The number of halogens is 2. The summed E-state index contributed by atoms with van der Waals surface area (Å²) in [6.45, 7) is 5.53. The van der Waals surface area contributed by atoms with Crippen molar-refractivity contribution in [2.24, 2.45) is 0 Å². The zero-order valence-corrected chi connectivity index (χ0v) is 18.8. The molecular formula is C23H31Cl2N3O2. The minimum Gasteiger partial charge on any atom is -0.384 e. The van der Waals surface area contributed by atoms with E-state index in [9.17, 15) is 9.90 Å². The zero-order chi connectivity index (χ0) is 19.5. The SMILES string of the molecule is C[C@H](O)C(=O)N1CCN2[C@@H](CNC[C@H]2C(c2ccccc2)c2ccccc2)C1.Cl.Cl. The summed E-state index contributed by atoms with van der Waals surface area (Å²) in [6.07, 6.45) is -0.930. The maximum absolute atomic E-state index is 12.3. The van der Waals surface area contributed by atoms with Crippen molar-refractivity contribution in [2.75, 3.05) is 32.7 Å². The topological polar surface area (TPSA) is 55.8 Å². The molecule has 2 saturated heterocycles. The average Bonchev–Trinajstić information content (AvgIpc) is 2.74. The first-order valence-electron chi connectivity index (χ1n) is 10.2. The number of rotatable bonds is 4. The third kappa shape index (κ3) is 5.16. The number of aliphatic hydroxyl groups excluding tert-OH is 1. The summed E-state index contributed by atoms with van der Waals surface area (Å²) in [4.78, 5) is 16.7. The van der Waals surface area contributed by atoms with E-state index < -0.39 is 6.10 Å². The first-order chi connectivity index (χ1) is 13.6. The molecule has 0 spiro atoms. The Bertz CT molecular complexity index is 752. The second kappa shape index (κ2) is 11.1. The van der Waals surface area contributed by atoms with Crippen molar-refractivity contribution in [3.63, 3.8) is 0 Å². The molecule has 3 atom stereocenters. The predicted octanol–water partition coefficient (Wildman–Crippen LogP) is 2.53. The van der Waals surface area contributed by atoms with Gasteiger partial charge in [0.2, 0.25) is 0 Å². The van der Waals surface area contributed by atoms with Crippen LogP contribution in [0.3, 0.4) is 0 Å². The third-order valence-electron chi connectivity index (χ3n) is 6.06. The average molecular weight is 452 g/mol. The van der Waals surface area contributed by atoms with E-state index in [1.807, 2.05) is 4.90 Å². The molecule has 1 amide bonds. The molecule has 2 N–H and O–H groups in total. The van der Waals surface area contributed by atoms with E-state index in [4.69, 9.17) is 0 Å². The number of nitrogens with one attached hydrogen (secondary N) is 1. The smallest absolute Gasteiger partial charge is 0.251 e. The highest BCUT2D eigenvalue weighted by Gasteiger charge is 2.40. The number of carbonyl (C=O) groups excluding carboxylic acids is 1. The van der Waals surface area contributed by atoms with Crippen LogP contribution in [0.2, 0.25) is 0 Å². The minimum atomic E-state index is -0.930. The maximum atomic E-state index is 12.3. The fourth-order valence-corrected chi connectivity index (χ4v) is 4.73. The highest BCUT2D eigenvalue weighted by Crippen LogP contribution is 2.33. The van der Waals surface area contributed by atoms with E-state index in [1.165, 1.54) is 11.1 Å². The van der Waals surface area contributed by atoms with Crippen LogP contribution in [0.4, 0.5) is 0 Å². The van der Waals surface area contributed by atoms with Gasteiger partial charge in [-0.3, -0.25) is 9.69 Å². The molecule has 2 fully saturated rings. The summed E-state index contributed by atoms with van der Waals surface area (Å²) >= 11 is 0. The van der Waals surface area contributed by atoms with Gasteiger partial charge in [0.1, 0.15) is 6.10 Å². The van der Waals surface area contributed by atoms with Crippen LogP contribution in [0, 0.1) is 0 Å². The van der Waals surface area contributed by atoms with Gasteiger partial charge in [-0.2, -0.15) is 0 Å². The lowest BCUT2D eigenvalue weighted by atomic mass is 9.82. The number of carbonyl (C=O) groups is 1. The van der Waals surface area contributed by atoms with Gasteiger partial charge in [-0.1, -0.05) is 60.7 Å². The van der Waals surface area contributed by atoms with Crippen molar-refractivity contribution in [3.8, 4) is 0 Å². The predicted molar refractivity (Wildman–Crippen MR) is 125 cm³/mol. The largest absolute Gasteiger partial charge is 0.384 e. The standard InChI is InChI=1S/C23H29N3O2.2ClH/c1-17(27)23(28)25-12-13-26-20(16-25)14-24-15-21(26)22(18-8-4-2-5-9-18)19-10-6-3-7-11-19;;/h2-11,17,20-22,24,27H,12-16H2,1H3;2*1H/t17-,20-,21-;;/m0../s1. The second-order valence-electron chi connectivity index (χ2n) is 7.88. The number of hydrogen-bond donors (Lipinski definition) is 2. The normalized spacial score (nSPS) is 22.4. The van der Waals surface area contributed by atoms with E-state index in [-0.39, 0.29) is 42.7 Å². The second-order valence-corrected chi connectivity index (χ2v) is 7.88. The highest BCUT2D eigenvalue weighted by molar-refractivity contribution is 5.85. The van der Waals surface area contributed by atoms with Gasteiger partial charge in [0.25, 0.3) is 5.91 Å². The summed E-state index contributed by atoms with van der Waals surface area (Å²) in [7, 11) is 0. The van der Waals surface area contributed by atoms with Crippen LogP contribution in [0.25, 0.3) is 0 Å². The van der Waals surface area contributed by atoms with Crippen LogP contribution in [0.15, 0.2) is 60.7 Å². The monoisotopic (exact) mass is 451 g/mol. The first kappa shape index (κ1) is 24.6. The fourth-order valence-electron chi connectivity index (χ4n) is 4.73. The van der Waals surface area contributed by atoms with E-state index in [1.54, 1.807) is 6.92 Å². The summed E-state index contributed by atoms with van der Waals surface area (Å²) in [5, 5.41) is 13.3. The molecule has 2 aromatic rings. The number of piperazine rings is 2. The van der Waals surface area contributed by atoms with E-state index in [0.29, 0.717) is 19.1 Å². The Kier molecular flexibility index (Phi) is 9.13. The molecule has 0 aliphatic carbocycles. The Morgan fingerprint density at radius 1 is 0.967 bits per heavy atom. The van der Waals surface area contributed by atoms with Crippen molar-refractivity contribution < 1.29 is 9.90 Å². The number of nitrogens with zero attached hydrogens (tertiary/aromatic N) is 2.